The van der Waals surface area contributed by atoms with E-state index in [1.807, 2.05) is 9.80 Å². The number of aromatic nitrogens is 1. The van der Waals surface area contributed by atoms with Crippen LogP contribution in [0.3, 0.4) is 0 Å². The van der Waals surface area contributed by atoms with Crippen LogP contribution in [-0.4, -0.2) is 59.6 Å². The molecule has 8 nitrogen and oxygen atoms in total. The molecule has 22 heavy (non-hydrogen) atoms. The van der Waals surface area contributed by atoms with E-state index in [4.69, 9.17) is 4.74 Å². The molecule has 2 fully saturated rings. The number of nitro groups is 1. The highest BCUT2D eigenvalue weighted by molar-refractivity contribution is 5.85. The second-order valence-electron chi connectivity index (χ2n) is 5.42. The van der Waals surface area contributed by atoms with Crippen molar-refractivity contribution in [3.63, 3.8) is 0 Å². The summed E-state index contributed by atoms with van der Waals surface area (Å²) in [7, 11) is 0. The summed E-state index contributed by atoms with van der Waals surface area (Å²) in [5, 5.41) is 10.7. The normalized spacial score (nSPS) is 21.9. The van der Waals surface area contributed by atoms with Crippen LogP contribution in [0.4, 0.5) is 11.5 Å². The zero-order chi connectivity index (χ0) is 15.5. The first-order chi connectivity index (χ1) is 10.7. The Bertz CT molecular complexity index is 556. The molecule has 2 saturated heterocycles. The first kappa shape index (κ1) is 14.7. The quantitative estimate of drug-likeness (QED) is 0.606. The lowest BCUT2D eigenvalue weighted by molar-refractivity contribution is -0.385. The SMILES string of the molecule is O=C([C@@H]1CCCN1c1ccc([N+](=O)[O-])cn1)N1CCOCC1. The van der Waals surface area contributed by atoms with Crippen molar-refractivity contribution in [2.45, 2.75) is 18.9 Å². The molecule has 0 N–H and O–H groups in total. The molecular formula is C14H18N4O4. The molecule has 3 heterocycles. The Kier molecular flexibility index (Phi) is 4.19. The van der Waals surface area contributed by atoms with Crippen LogP contribution < -0.4 is 4.90 Å². The van der Waals surface area contributed by atoms with E-state index in [2.05, 4.69) is 4.98 Å². The van der Waals surface area contributed by atoms with Gasteiger partial charge in [0.05, 0.1) is 18.1 Å². The largest absolute Gasteiger partial charge is 0.378 e. The number of morpholine rings is 1. The standard InChI is InChI=1S/C14H18N4O4/c19-14(16-6-8-22-9-7-16)12-2-1-5-17(12)13-4-3-11(10-15-13)18(20)21/h3-4,10,12H,1-2,5-9H2/t12-/m0/s1. The molecule has 0 unspecified atom stereocenters. The van der Waals surface area contributed by atoms with E-state index in [9.17, 15) is 14.9 Å². The van der Waals surface area contributed by atoms with Gasteiger partial charge in [-0.2, -0.15) is 0 Å². The van der Waals surface area contributed by atoms with E-state index in [0.717, 1.165) is 19.4 Å². The Morgan fingerprint density at radius 1 is 1.32 bits per heavy atom. The minimum atomic E-state index is -0.475. The summed E-state index contributed by atoms with van der Waals surface area (Å²) in [5.74, 6) is 0.718. The summed E-state index contributed by atoms with van der Waals surface area (Å²) < 4.78 is 5.28. The maximum Gasteiger partial charge on any atom is 0.287 e. The van der Waals surface area contributed by atoms with Crippen LogP contribution in [-0.2, 0) is 9.53 Å². The Morgan fingerprint density at radius 3 is 2.73 bits per heavy atom. The van der Waals surface area contributed by atoms with E-state index >= 15 is 0 Å². The van der Waals surface area contributed by atoms with Crippen LogP contribution in [0.2, 0.25) is 0 Å². The molecule has 0 radical (unpaired) electrons. The monoisotopic (exact) mass is 306 g/mol. The number of hydrogen-bond donors (Lipinski definition) is 0. The third kappa shape index (κ3) is 2.87. The zero-order valence-electron chi connectivity index (χ0n) is 12.2. The number of pyridine rings is 1. The molecule has 1 atom stereocenters. The molecule has 0 aliphatic carbocycles. The van der Waals surface area contributed by atoms with Crippen molar-refractivity contribution < 1.29 is 14.5 Å². The van der Waals surface area contributed by atoms with Gasteiger partial charge < -0.3 is 14.5 Å². The Morgan fingerprint density at radius 2 is 2.09 bits per heavy atom. The van der Waals surface area contributed by atoms with Gasteiger partial charge in [-0.05, 0) is 18.9 Å². The smallest absolute Gasteiger partial charge is 0.287 e. The molecule has 1 amide bonds. The van der Waals surface area contributed by atoms with Crippen LogP contribution >= 0.6 is 0 Å². The van der Waals surface area contributed by atoms with Crippen LogP contribution in [0.25, 0.3) is 0 Å². The highest BCUT2D eigenvalue weighted by atomic mass is 16.6. The van der Waals surface area contributed by atoms with Gasteiger partial charge in [0.1, 0.15) is 18.1 Å². The lowest BCUT2D eigenvalue weighted by atomic mass is 10.2. The number of hydrogen-bond acceptors (Lipinski definition) is 6. The van der Waals surface area contributed by atoms with E-state index in [1.54, 1.807) is 6.07 Å². The molecule has 2 aliphatic rings. The number of nitrogens with zero attached hydrogens (tertiary/aromatic N) is 4. The summed E-state index contributed by atoms with van der Waals surface area (Å²) in [6.45, 7) is 3.14. The average Bonchev–Trinajstić information content (AvgIpc) is 3.04. The van der Waals surface area contributed by atoms with Crippen LogP contribution in [0, 0.1) is 10.1 Å². The molecule has 0 spiro atoms. The van der Waals surface area contributed by atoms with Gasteiger partial charge in [-0.1, -0.05) is 0 Å². The van der Waals surface area contributed by atoms with Gasteiger partial charge in [-0.3, -0.25) is 14.9 Å². The number of ether oxygens (including phenoxy) is 1. The fourth-order valence-corrected chi connectivity index (χ4v) is 2.95. The van der Waals surface area contributed by atoms with E-state index < -0.39 is 4.92 Å². The summed E-state index contributed by atoms with van der Waals surface area (Å²) in [6.07, 6.45) is 2.94. The number of rotatable bonds is 3. The predicted octanol–water partition coefficient (Wildman–Crippen LogP) is 0.817. The highest BCUT2D eigenvalue weighted by Crippen LogP contribution is 2.26. The van der Waals surface area contributed by atoms with Gasteiger partial charge in [0.15, 0.2) is 0 Å². The third-order valence-corrected chi connectivity index (χ3v) is 4.10. The maximum absolute atomic E-state index is 12.7. The fourth-order valence-electron chi connectivity index (χ4n) is 2.95. The maximum atomic E-state index is 12.7. The van der Waals surface area contributed by atoms with Crippen LogP contribution in [0.5, 0.6) is 0 Å². The Labute approximate surface area is 127 Å². The number of anilines is 1. The second-order valence-corrected chi connectivity index (χ2v) is 5.42. The molecule has 2 aliphatic heterocycles. The van der Waals surface area contributed by atoms with Gasteiger partial charge >= 0.3 is 0 Å². The van der Waals surface area contributed by atoms with Crippen molar-refractivity contribution in [2.75, 3.05) is 37.7 Å². The van der Waals surface area contributed by atoms with Gasteiger partial charge in [0.2, 0.25) is 5.91 Å². The summed E-state index contributed by atoms with van der Waals surface area (Å²) in [4.78, 5) is 30.8. The highest BCUT2D eigenvalue weighted by Gasteiger charge is 2.35. The number of amides is 1. The molecule has 0 aromatic carbocycles. The van der Waals surface area contributed by atoms with E-state index in [0.29, 0.717) is 32.1 Å². The molecule has 3 rings (SSSR count). The van der Waals surface area contributed by atoms with E-state index in [1.165, 1.54) is 12.3 Å². The Balaban J connectivity index is 1.74. The molecule has 1 aromatic rings. The van der Waals surface area contributed by atoms with E-state index in [-0.39, 0.29) is 17.6 Å². The Hall–Kier alpha value is -2.22. The van der Waals surface area contributed by atoms with Gasteiger partial charge in [0.25, 0.3) is 5.69 Å². The van der Waals surface area contributed by atoms with Gasteiger partial charge in [-0.15, -0.1) is 0 Å². The fraction of sp³-hybridized carbons (Fsp3) is 0.571. The average molecular weight is 306 g/mol. The minimum Gasteiger partial charge on any atom is -0.378 e. The lowest BCUT2D eigenvalue weighted by Crippen LogP contribution is -2.50. The topological polar surface area (TPSA) is 88.8 Å². The van der Waals surface area contributed by atoms with Gasteiger partial charge in [-0.25, -0.2) is 4.98 Å². The summed E-state index contributed by atoms with van der Waals surface area (Å²) >= 11 is 0. The van der Waals surface area contributed by atoms with Crippen molar-refractivity contribution in [2.24, 2.45) is 0 Å². The zero-order valence-corrected chi connectivity index (χ0v) is 12.2. The predicted molar refractivity (Wildman–Crippen MR) is 78.7 cm³/mol. The number of carbonyl (C=O) groups excluding carboxylic acids is 1. The van der Waals surface area contributed by atoms with Crippen molar-refractivity contribution in [1.29, 1.82) is 0 Å². The van der Waals surface area contributed by atoms with Gasteiger partial charge in [0, 0.05) is 25.7 Å². The first-order valence-electron chi connectivity index (χ1n) is 7.40. The van der Waals surface area contributed by atoms with Crippen molar-refractivity contribution in [1.82, 2.24) is 9.88 Å². The van der Waals surface area contributed by atoms with Crippen molar-refractivity contribution in [3.05, 3.63) is 28.4 Å². The minimum absolute atomic E-state index is 0.0426. The number of carbonyl (C=O) groups is 1. The summed E-state index contributed by atoms with van der Waals surface area (Å²) in [5.41, 5.74) is -0.0426. The molecule has 8 heteroatoms. The van der Waals surface area contributed by atoms with Crippen molar-refractivity contribution >= 4 is 17.4 Å². The second kappa shape index (κ2) is 6.27. The lowest BCUT2D eigenvalue weighted by Gasteiger charge is -2.32. The van der Waals surface area contributed by atoms with Crippen LogP contribution in [0.1, 0.15) is 12.8 Å². The van der Waals surface area contributed by atoms with Crippen LogP contribution in [0.15, 0.2) is 18.3 Å². The molecular weight excluding hydrogens is 288 g/mol. The molecule has 118 valence electrons. The van der Waals surface area contributed by atoms with Crippen molar-refractivity contribution in [3.8, 4) is 0 Å². The summed E-state index contributed by atoms with van der Waals surface area (Å²) in [6, 6.07) is 2.81. The molecule has 0 bridgehead atoms. The third-order valence-electron chi connectivity index (χ3n) is 4.10. The molecule has 1 aromatic heterocycles. The molecule has 0 saturated carbocycles. The first-order valence-corrected chi connectivity index (χ1v) is 7.40.